The second-order valence-corrected chi connectivity index (χ2v) is 5.98. The topological polar surface area (TPSA) is 36.0 Å². The molecule has 1 aromatic carbocycles. The van der Waals surface area contributed by atoms with Crippen molar-refractivity contribution in [3.8, 4) is 5.75 Å². The Morgan fingerprint density at radius 3 is 2.23 bits per heavy atom. The van der Waals surface area contributed by atoms with Crippen LogP contribution in [0, 0.1) is 0 Å². The van der Waals surface area contributed by atoms with E-state index in [2.05, 4.69) is 11.0 Å². The number of para-hydroxylation sites is 2. The van der Waals surface area contributed by atoms with Crippen molar-refractivity contribution < 1.29 is 9.53 Å². The van der Waals surface area contributed by atoms with E-state index in [1.165, 1.54) is 6.42 Å². The highest BCUT2D eigenvalue weighted by molar-refractivity contribution is 5.75. The van der Waals surface area contributed by atoms with E-state index < -0.39 is 0 Å². The molecule has 0 radical (unpaired) electrons. The largest absolute Gasteiger partial charge is 0.495 e. The summed E-state index contributed by atoms with van der Waals surface area (Å²) in [7, 11) is 1.70. The van der Waals surface area contributed by atoms with E-state index in [9.17, 15) is 4.79 Å². The summed E-state index contributed by atoms with van der Waals surface area (Å²) in [5.74, 6) is 0.901. The monoisotopic (exact) mass is 303 g/mol. The van der Waals surface area contributed by atoms with Gasteiger partial charge in [-0.1, -0.05) is 12.1 Å². The van der Waals surface area contributed by atoms with Gasteiger partial charge in [0.25, 0.3) is 0 Å². The van der Waals surface area contributed by atoms with Gasteiger partial charge in [-0.05, 0) is 31.4 Å². The van der Waals surface area contributed by atoms with Crippen molar-refractivity contribution in [2.45, 2.75) is 19.3 Å². The third-order valence-electron chi connectivity index (χ3n) is 4.60. The van der Waals surface area contributed by atoms with Gasteiger partial charge in [0.1, 0.15) is 5.75 Å². The molecule has 2 saturated heterocycles. The molecule has 0 N–H and O–H groups in total. The number of carbonyl (C=O) groups is 1. The lowest BCUT2D eigenvalue weighted by Gasteiger charge is -2.39. The SMILES string of the molecule is COc1ccccc1N1CCN(C(=O)N2CCCCC2)CC1. The first-order chi connectivity index (χ1) is 10.8. The highest BCUT2D eigenvalue weighted by Crippen LogP contribution is 2.28. The number of amides is 2. The number of anilines is 1. The van der Waals surface area contributed by atoms with Crippen LogP contribution >= 0.6 is 0 Å². The molecule has 3 rings (SSSR count). The number of piperidine rings is 1. The zero-order valence-electron chi connectivity index (χ0n) is 13.3. The van der Waals surface area contributed by atoms with Crippen LogP contribution in [0.25, 0.3) is 0 Å². The first-order valence-corrected chi connectivity index (χ1v) is 8.21. The second kappa shape index (κ2) is 6.90. The Hall–Kier alpha value is -1.91. The highest BCUT2D eigenvalue weighted by atomic mass is 16.5. The molecule has 2 fully saturated rings. The van der Waals surface area contributed by atoms with Crippen molar-refractivity contribution in [1.29, 1.82) is 0 Å². The molecule has 0 unspecified atom stereocenters. The molecule has 2 aliphatic rings. The smallest absolute Gasteiger partial charge is 0.320 e. The van der Waals surface area contributed by atoms with Crippen LogP contribution in [0.4, 0.5) is 10.5 Å². The number of ether oxygens (including phenoxy) is 1. The number of methoxy groups -OCH3 is 1. The third-order valence-corrected chi connectivity index (χ3v) is 4.60. The lowest BCUT2D eigenvalue weighted by Crippen LogP contribution is -2.53. The fourth-order valence-corrected chi connectivity index (χ4v) is 3.31. The van der Waals surface area contributed by atoms with Crippen LogP contribution in [0.1, 0.15) is 19.3 Å². The molecule has 0 spiro atoms. The molecule has 22 heavy (non-hydrogen) atoms. The summed E-state index contributed by atoms with van der Waals surface area (Å²) in [5, 5.41) is 0. The highest BCUT2D eigenvalue weighted by Gasteiger charge is 2.26. The van der Waals surface area contributed by atoms with Crippen molar-refractivity contribution >= 4 is 11.7 Å². The van der Waals surface area contributed by atoms with Crippen molar-refractivity contribution in [2.75, 3.05) is 51.3 Å². The summed E-state index contributed by atoms with van der Waals surface area (Å²) >= 11 is 0. The van der Waals surface area contributed by atoms with Gasteiger partial charge in [0.15, 0.2) is 0 Å². The zero-order chi connectivity index (χ0) is 15.4. The molecule has 120 valence electrons. The van der Waals surface area contributed by atoms with Gasteiger partial charge in [-0.2, -0.15) is 0 Å². The van der Waals surface area contributed by atoms with Gasteiger partial charge in [0, 0.05) is 39.3 Å². The third kappa shape index (κ3) is 3.13. The van der Waals surface area contributed by atoms with Crippen molar-refractivity contribution in [3.63, 3.8) is 0 Å². The average Bonchev–Trinajstić information content (AvgIpc) is 2.62. The number of urea groups is 1. The summed E-state index contributed by atoms with van der Waals surface area (Å²) in [6.45, 7) is 5.14. The number of piperazine rings is 1. The molecule has 0 aliphatic carbocycles. The van der Waals surface area contributed by atoms with Gasteiger partial charge in [-0.25, -0.2) is 4.79 Å². The Morgan fingerprint density at radius 2 is 1.55 bits per heavy atom. The molecule has 2 amide bonds. The summed E-state index contributed by atoms with van der Waals surface area (Å²) in [5.41, 5.74) is 1.12. The van der Waals surface area contributed by atoms with Crippen LogP contribution in [0.2, 0.25) is 0 Å². The number of carbonyl (C=O) groups excluding carboxylic acids is 1. The van der Waals surface area contributed by atoms with Gasteiger partial charge < -0.3 is 19.4 Å². The summed E-state index contributed by atoms with van der Waals surface area (Å²) in [6.07, 6.45) is 3.55. The van der Waals surface area contributed by atoms with Crippen LogP contribution in [0.15, 0.2) is 24.3 Å². The Labute approximate surface area is 132 Å². The summed E-state index contributed by atoms with van der Waals surface area (Å²) < 4.78 is 5.44. The van der Waals surface area contributed by atoms with Crippen molar-refractivity contribution in [2.24, 2.45) is 0 Å². The van der Waals surface area contributed by atoms with E-state index in [0.29, 0.717) is 0 Å². The summed E-state index contributed by atoms with van der Waals surface area (Å²) in [6, 6.07) is 8.31. The van der Waals surface area contributed by atoms with E-state index in [1.807, 2.05) is 28.0 Å². The van der Waals surface area contributed by atoms with Gasteiger partial charge in [0.05, 0.1) is 12.8 Å². The number of hydrogen-bond acceptors (Lipinski definition) is 3. The van der Waals surface area contributed by atoms with Crippen LogP contribution in [0.3, 0.4) is 0 Å². The molecular formula is C17H25N3O2. The summed E-state index contributed by atoms with van der Waals surface area (Å²) in [4.78, 5) is 18.8. The normalized spacial score (nSPS) is 19.2. The molecule has 5 heteroatoms. The van der Waals surface area contributed by atoms with Crippen molar-refractivity contribution in [1.82, 2.24) is 9.80 Å². The number of hydrogen-bond donors (Lipinski definition) is 0. The minimum Gasteiger partial charge on any atom is -0.495 e. The first kappa shape index (κ1) is 15.0. The molecule has 0 bridgehead atoms. The predicted octanol–water partition coefficient (Wildman–Crippen LogP) is 2.42. The fourth-order valence-electron chi connectivity index (χ4n) is 3.31. The maximum Gasteiger partial charge on any atom is 0.320 e. The van der Waals surface area contributed by atoms with Crippen LogP contribution in [0.5, 0.6) is 5.75 Å². The fraction of sp³-hybridized carbons (Fsp3) is 0.588. The van der Waals surface area contributed by atoms with E-state index in [-0.39, 0.29) is 6.03 Å². The van der Waals surface area contributed by atoms with E-state index in [1.54, 1.807) is 7.11 Å². The van der Waals surface area contributed by atoms with Crippen molar-refractivity contribution in [3.05, 3.63) is 24.3 Å². The second-order valence-electron chi connectivity index (χ2n) is 5.98. The zero-order valence-corrected chi connectivity index (χ0v) is 13.3. The lowest BCUT2D eigenvalue weighted by molar-refractivity contribution is 0.141. The number of nitrogens with zero attached hydrogens (tertiary/aromatic N) is 3. The molecule has 0 atom stereocenters. The molecule has 0 aromatic heterocycles. The molecule has 0 saturated carbocycles. The maximum atomic E-state index is 12.5. The first-order valence-electron chi connectivity index (χ1n) is 8.21. The van der Waals surface area contributed by atoms with E-state index >= 15 is 0 Å². The van der Waals surface area contributed by atoms with Gasteiger partial charge in [-0.3, -0.25) is 0 Å². The number of likely N-dealkylation sites (tertiary alicyclic amines) is 1. The number of benzene rings is 1. The van der Waals surface area contributed by atoms with E-state index in [4.69, 9.17) is 4.74 Å². The molecule has 5 nitrogen and oxygen atoms in total. The quantitative estimate of drug-likeness (QED) is 0.842. The Balaban J connectivity index is 1.59. The molecule has 1 aromatic rings. The minimum absolute atomic E-state index is 0.222. The van der Waals surface area contributed by atoms with Crippen LogP contribution < -0.4 is 9.64 Å². The standard InChI is InChI=1S/C17H25N3O2/c1-22-16-8-4-3-7-15(16)18-11-13-20(14-12-18)17(21)19-9-5-2-6-10-19/h3-4,7-8H,2,5-6,9-14H2,1H3. The van der Waals surface area contributed by atoms with E-state index in [0.717, 1.165) is 63.5 Å². The van der Waals surface area contributed by atoms with Crippen LogP contribution in [-0.4, -0.2) is 62.2 Å². The Morgan fingerprint density at radius 1 is 0.909 bits per heavy atom. The predicted molar refractivity (Wildman–Crippen MR) is 87.6 cm³/mol. The Kier molecular flexibility index (Phi) is 4.71. The van der Waals surface area contributed by atoms with Crippen LogP contribution in [-0.2, 0) is 0 Å². The lowest BCUT2D eigenvalue weighted by atomic mass is 10.1. The molecule has 2 aliphatic heterocycles. The van der Waals surface area contributed by atoms with Gasteiger partial charge >= 0.3 is 6.03 Å². The van der Waals surface area contributed by atoms with Gasteiger partial charge in [-0.15, -0.1) is 0 Å². The molecular weight excluding hydrogens is 278 g/mol. The van der Waals surface area contributed by atoms with Gasteiger partial charge in [0.2, 0.25) is 0 Å². The Bertz CT molecular complexity index is 506. The number of rotatable bonds is 2. The molecule has 2 heterocycles. The average molecular weight is 303 g/mol. The minimum atomic E-state index is 0.222. The maximum absolute atomic E-state index is 12.5.